The summed E-state index contributed by atoms with van der Waals surface area (Å²) in [5.74, 6) is 0. The van der Waals surface area contributed by atoms with Gasteiger partial charge in [0.1, 0.15) is 0 Å². The van der Waals surface area contributed by atoms with Crippen LogP contribution in [0.4, 0.5) is 0 Å². The molecule has 164 valence electrons. The summed E-state index contributed by atoms with van der Waals surface area (Å²) in [7, 11) is 0. The largest absolute Gasteiger partial charge is 0.333 e. The number of aromatic nitrogens is 1. The lowest BCUT2D eigenvalue weighted by Crippen LogP contribution is -2.05. The highest BCUT2D eigenvalue weighted by molar-refractivity contribution is 6.26. The maximum Gasteiger partial charge on any atom is 0.0525 e. The Morgan fingerprint density at radius 1 is 0.848 bits per heavy atom. The zero-order valence-corrected chi connectivity index (χ0v) is 19.8. The summed E-state index contributed by atoms with van der Waals surface area (Å²) >= 11 is 0. The van der Waals surface area contributed by atoms with Crippen molar-refractivity contribution < 1.29 is 0 Å². The minimum absolute atomic E-state index is 0.399. The smallest absolute Gasteiger partial charge is 0.0525 e. The van der Waals surface area contributed by atoms with E-state index in [1.165, 1.54) is 54.5 Å². The van der Waals surface area contributed by atoms with Gasteiger partial charge in [-0.1, -0.05) is 99.3 Å². The number of hydrogen-bond donors (Lipinski definition) is 0. The molecule has 0 radical (unpaired) electrons. The topological polar surface area (TPSA) is 4.93 Å². The van der Waals surface area contributed by atoms with Crippen LogP contribution in [-0.4, -0.2) is 4.57 Å². The molecule has 0 saturated carbocycles. The Hall–Kier alpha value is -3.58. The fraction of sp³-hybridized carbons (Fsp3) is 0.188. The standard InChI is InChI=1S/C30H25N.C2H6/c1-3-9-27-23(4-2)30-28(31(27)22-11-6-7-12-22)19-16-21-15-17-25-24-13-8-5-10-20(24)14-18-26(25)29(21)30;1-2/h3-6,8-11,13-19,22H,2,7,12H2,1H3;1-2H3/b9-3-;. The van der Waals surface area contributed by atoms with Gasteiger partial charge in [-0.2, -0.15) is 0 Å². The van der Waals surface area contributed by atoms with Gasteiger partial charge in [0.05, 0.1) is 11.6 Å². The van der Waals surface area contributed by atoms with E-state index < -0.39 is 0 Å². The third-order valence-electron chi connectivity index (χ3n) is 6.80. The molecule has 1 heteroatoms. The predicted molar refractivity (Wildman–Crippen MR) is 148 cm³/mol. The van der Waals surface area contributed by atoms with Gasteiger partial charge in [0.15, 0.2) is 0 Å². The first-order valence-corrected chi connectivity index (χ1v) is 12.1. The second-order valence-corrected chi connectivity index (χ2v) is 8.45. The number of rotatable bonds is 3. The van der Waals surface area contributed by atoms with Crippen LogP contribution in [0.3, 0.4) is 0 Å². The summed E-state index contributed by atoms with van der Waals surface area (Å²) < 4.78 is 2.52. The van der Waals surface area contributed by atoms with Gasteiger partial charge in [-0.15, -0.1) is 0 Å². The van der Waals surface area contributed by atoms with Crippen molar-refractivity contribution >= 4 is 55.4 Å². The summed E-state index contributed by atoms with van der Waals surface area (Å²) in [4.78, 5) is 0. The van der Waals surface area contributed by atoms with E-state index in [4.69, 9.17) is 0 Å². The number of nitrogens with zero attached hydrogens (tertiary/aromatic N) is 1. The van der Waals surface area contributed by atoms with E-state index in [-0.39, 0.29) is 0 Å². The first-order valence-electron chi connectivity index (χ1n) is 12.1. The van der Waals surface area contributed by atoms with Gasteiger partial charge < -0.3 is 4.57 Å². The maximum absolute atomic E-state index is 4.24. The molecule has 1 aromatic heterocycles. The molecule has 1 atom stereocenters. The molecule has 1 nitrogen and oxygen atoms in total. The first kappa shape index (κ1) is 21.3. The molecule has 0 aliphatic heterocycles. The lowest BCUT2D eigenvalue weighted by atomic mass is 9.94. The van der Waals surface area contributed by atoms with Crippen LogP contribution >= 0.6 is 0 Å². The molecule has 4 aromatic carbocycles. The van der Waals surface area contributed by atoms with Crippen molar-refractivity contribution in [3.63, 3.8) is 0 Å². The third kappa shape index (κ3) is 3.23. The fourth-order valence-corrected chi connectivity index (χ4v) is 5.49. The molecule has 1 aliphatic rings. The molecule has 0 saturated heterocycles. The van der Waals surface area contributed by atoms with E-state index in [1.54, 1.807) is 0 Å². The second kappa shape index (κ2) is 8.75. The Morgan fingerprint density at radius 2 is 1.61 bits per heavy atom. The summed E-state index contributed by atoms with van der Waals surface area (Å²) in [5, 5.41) is 9.17. The monoisotopic (exact) mass is 429 g/mol. The first-order chi connectivity index (χ1) is 16.3. The molecule has 1 aliphatic carbocycles. The van der Waals surface area contributed by atoms with Crippen LogP contribution in [0.2, 0.25) is 0 Å². The minimum atomic E-state index is 0.399. The van der Waals surface area contributed by atoms with Gasteiger partial charge in [0, 0.05) is 16.6 Å². The van der Waals surface area contributed by atoms with Crippen molar-refractivity contribution in [2.45, 2.75) is 39.7 Å². The van der Waals surface area contributed by atoms with Crippen LogP contribution in [0.5, 0.6) is 0 Å². The average molecular weight is 430 g/mol. The molecule has 0 bridgehead atoms. The van der Waals surface area contributed by atoms with Crippen molar-refractivity contribution in [2.75, 3.05) is 0 Å². The predicted octanol–water partition coefficient (Wildman–Crippen LogP) is 9.69. The molecular formula is C32H31N. The van der Waals surface area contributed by atoms with E-state index in [0.717, 1.165) is 12.8 Å². The van der Waals surface area contributed by atoms with E-state index in [0.29, 0.717) is 6.04 Å². The highest BCUT2D eigenvalue weighted by Gasteiger charge is 2.22. The lowest BCUT2D eigenvalue weighted by Gasteiger charge is -2.16. The number of allylic oxidation sites excluding steroid dienone is 3. The molecule has 1 heterocycles. The maximum atomic E-state index is 4.24. The van der Waals surface area contributed by atoms with Crippen LogP contribution in [0.25, 0.3) is 55.4 Å². The molecule has 6 rings (SSSR count). The Balaban J connectivity index is 0.00000111. The highest BCUT2D eigenvalue weighted by Crippen LogP contribution is 2.42. The molecule has 0 spiro atoms. The summed E-state index contributed by atoms with van der Waals surface area (Å²) in [5.41, 5.74) is 3.79. The molecule has 5 aromatic rings. The summed E-state index contributed by atoms with van der Waals surface area (Å²) in [6, 6.07) is 22.8. The van der Waals surface area contributed by atoms with Crippen LogP contribution < -0.4 is 0 Å². The Labute approximate surface area is 196 Å². The summed E-state index contributed by atoms with van der Waals surface area (Å²) in [6.45, 7) is 10.3. The number of hydrogen-bond acceptors (Lipinski definition) is 0. The summed E-state index contributed by atoms with van der Waals surface area (Å²) in [6.07, 6.45) is 13.4. The van der Waals surface area contributed by atoms with Gasteiger partial charge in [0.25, 0.3) is 0 Å². The quantitative estimate of drug-likeness (QED) is 0.199. The highest BCUT2D eigenvalue weighted by atomic mass is 15.0. The van der Waals surface area contributed by atoms with Gasteiger partial charge in [-0.25, -0.2) is 0 Å². The average Bonchev–Trinajstić information content (AvgIpc) is 3.50. The van der Waals surface area contributed by atoms with Crippen molar-refractivity contribution in [3.8, 4) is 0 Å². The Bertz CT molecular complexity index is 1560. The molecule has 1 unspecified atom stereocenters. The second-order valence-electron chi connectivity index (χ2n) is 8.45. The van der Waals surface area contributed by atoms with E-state index in [1.807, 2.05) is 19.9 Å². The van der Waals surface area contributed by atoms with E-state index >= 15 is 0 Å². The van der Waals surface area contributed by atoms with Crippen molar-refractivity contribution in [1.82, 2.24) is 4.57 Å². The fourth-order valence-electron chi connectivity index (χ4n) is 5.49. The van der Waals surface area contributed by atoms with Crippen LogP contribution in [0, 0.1) is 0 Å². The van der Waals surface area contributed by atoms with Crippen molar-refractivity contribution in [3.05, 3.63) is 96.7 Å². The zero-order chi connectivity index (χ0) is 22.9. The van der Waals surface area contributed by atoms with Gasteiger partial charge >= 0.3 is 0 Å². The van der Waals surface area contributed by atoms with E-state index in [9.17, 15) is 0 Å². The van der Waals surface area contributed by atoms with Gasteiger partial charge in [0.2, 0.25) is 0 Å². The van der Waals surface area contributed by atoms with Crippen molar-refractivity contribution in [2.24, 2.45) is 0 Å². The molecule has 0 amide bonds. The van der Waals surface area contributed by atoms with Crippen molar-refractivity contribution in [1.29, 1.82) is 0 Å². The molecule has 33 heavy (non-hydrogen) atoms. The SMILES string of the molecule is C=Cc1c(/C=C\C)n(C2C=CCC2)c2ccc3ccc4c5ccccc5ccc4c3c12.CC. The molecule has 0 N–H and O–H groups in total. The number of fused-ring (bicyclic) bond motifs is 7. The van der Waals surface area contributed by atoms with Gasteiger partial charge in [-0.3, -0.25) is 0 Å². The minimum Gasteiger partial charge on any atom is -0.333 e. The third-order valence-corrected chi connectivity index (χ3v) is 6.80. The Morgan fingerprint density at radius 3 is 2.36 bits per heavy atom. The van der Waals surface area contributed by atoms with Gasteiger partial charge in [-0.05, 0) is 64.2 Å². The normalized spacial score (nSPS) is 15.7. The molecular weight excluding hydrogens is 398 g/mol. The van der Waals surface area contributed by atoms with E-state index in [2.05, 4.69) is 103 Å². The lowest BCUT2D eigenvalue weighted by molar-refractivity contribution is 0.606. The number of benzene rings is 4. The zero-order valence-electron chi connectivity index (χ0n) is 19.8. The van der Waals surface area contributed by atoms with Crippen LogP contribution in [-0.2, 0) is 0 Å². The van der Waals surface area contributed by atoms with Crippen LogP contribution in [0.15, 0.2) is 85.5 Å². The van der Waals surface area contributed by atoms with Crippen LogP contribution in [0.1, 0.15) is 50.9 Å². The Kier molecular flexibility index (Phi) is 5.64. The molecule has 0 fully saturated rings.